The molecule has 0 heterocycles. The number of amides is 1. The Hall–Kier alpha value is -2.90. The second kappa shape index (κ2) is 9.49. The van der Waals surface area contributed by atoms with Gasteiger partial charge in [0.1, 0.15) is 5.82 Å². The van der Waals surface area contributed by atoms with E-state index in [1.54, 1.807) is 11.0 Å². The first-order chi connectivity index (χ1) is 14.7. The highest BCUT2D eigenvalue weighted by molar-refractivity contribution is 7.92. The molecule has 1 N–H and O–H groups in total. The van der Waals surface area contributed by atoms with Crippen molar-refractivity contribution in [3.8, 4) is 0 Å². The largest absolute Gasteiger partial charge is 0.332 e. The van der Waals surface area contributed by atoms with Crippen LogP contribution in [0.3, 0.4) is 0 Å². The number of nitrogens with one attached hydrogen (secondary N) is 1. The van der Waals surface area contributed by atoms with Crippen LogP contribution in [-0.2, 0) is 16.6 Å². The third-order valence-corrected chi connectivity index (χ3v) is 6.37. The summed E-state index contributed by atoms with van der Waals surface area (Å²) in [5.74, 6) is -0.797. The zero-order valence-electron chi connectivity index (χ0n) is 17.0. The summed E-state index contributed by atoms with van der Waals surface area (Å²) >= 11 is 6.18. The van der Waals surface area contributed by atoms with Crippen LogP contribution in [0.1, 0.15) is 29.8 Å². The van der Waals surface area contributed by atoms with Gasteiger partial charge in [0.2, 0.25) is 0 Å². The SMILES string of the molecule is CC(C)N(Cc1ccccc1)C(=O)c1ccc(Cl)c(NS(=O)(=O)c2ccc(F)cc2)c1. The molecule has 0 saturated carbocycles. The van der Waals surface area contributed by atoms with Gasteiger partial charge in [-0.3, -0.25) is 9.52 Å². The quantitative estimate of drug-likeness (QED) is 0.518. The number of halogens is 2. The Morgan fingerprint density at radius 2 is 1.68 bits per heavy atom. The van der Waals surface area contributed by atoms with Crippen LogP contribution in [0, 0.1) is 5.82 Å². The monoisotopic (exact) mass is 460 g/mol. The van der Waals surface area contributed by atoms with Crippen molar-refractivity contribution in [1.82, 2.24) is 4.90 Å². The summed E-state index contributed by atoms with van der Waals surface area (Å²) in [6, 6.07) is 18.4. The fourth-order valence-electron chi connectivity index (χ4n) is 2.99. The van der Waals surface area contributed by atoms with E-state index in [0.717, 1.165) is 29.8 Å². The van der Waals surface area contributed by atoms with Crippen molar-refractivity contribution < 1.29 is 17.6 Å². The van der Waals surface area contributed by atoms with Crippen molar-refractivity contribution in [2.45, 2.75) is 31.3 Å². The maximum absolute atomic E-state index is 13.2. The van der Waals surface area contributed by atoms with Crippen LogP contribution in [0.5, 0.6) is 0 Å². The van der Waals surface area contributed by atoms with Gasteiger partial charge >= 0.3 is 0 Å². The Morgan fingerprint density at radius 3 is 2.29 bits per heavy atom. The van der Waals surface area contributed by atoms with Gasteiger partial charge in [-0.1, -0.05) is 41.9 Å². The van der Waals surface area contributed by atoms with E-state index in [1.807, 2.05) is 44.2 Å². The Kier molecular flexibility index (Phi) is 6.97. The van der Waals surface area contributed by atoms with Gasteiger partial charge < -0.3 is 4.90 Å². The number of hydrogen-bond acceptors (Lipinski definition) is 3. The van der Waals surface area contributed by atoms with Gasteiger partial charge in [0.05, 0.1) is 15.6 Å². The van der Waals surface area contributed by atoms with Crippen molar-refractivity contribution in [2.75, 3.05) is 4.72 Å². The molecule has 0 aliphatic heterocycles. The van der Waals surface area contributed by atoms with Crippen LogP contribution in [0.25, 0.3) is 0 Å². The van der Waals surface area contributed by atoms with Gasteiger partial charge in [0, 0.05) is 18.2 Å². The van der Waals surface area contributed by atoms with Crippen molar-refractivity contribution in [2.24, 2.45) is 0 Å². The molecule has 0 atom stereocenters. The standard InChI is InChI=1S/C23H22ClFN2O3S/c1-16(2)27(15-17-6-4-3-5-7-17)23(28)18-8-13-21(24)22(14-18)26-31(29,30)20-11-9-19(25)10-12-20/h3-14,16,26H,15H2,1-2H3. The minimum atomic E-state index is -4.01. The molecule has 162 valence electrons. The molecule has 0 aliphatic rings. The molecule has 3 rings (SSSR count). The van der Waals surface area contributed by atoms with Crippen LogP contribution >= 0.6 is 11.6 Å². The molecular formula is C23H22ClFN2O3S. The smallest absolute Gasteiger partial charge is 0.261 e. The average molecular weight is 461 g/mol. The van der Waals surface area contributed by atoms with Crippen LogP contribution in [0.15, 0.2) is 77.7 Å². The number of anilines is 1. The lowest BCUT2D eigenvalue weighted by atomic mass is 10.1. The summed E-state index contributed by atoms with van der Waals surface area (Å²) < 4.78 is 40.8. The van der Waals surface area contributed by atoms with Gasteiger partial charge in [-0.25, -0.2) is 12.8 Å². The van der Waals surface area contributed by atoms with E-state index in [-0.39, 0.29) is 27.6 Å². The van der Waals surface area contributed by atoms with E-state index >= 15 is 0 Å². The van der Waals surface area contributed by atoms with Gasteiger partial charge in [-0.05, 0) is 61.9 Å². The topological polar surface area (TPSA) is 66.5 Å². The van der Waals surface area contributed by atoms with Gasteiger partial charge in [0.25, 0.3) is 15.9 Å². The van der Waals surface area contributed by atoms with Crippen LogP contribution in [0.2, 0.25) is 5.02 Å². The molecule has 0 radical (unpaired) electrons. The van der Waals surface area contributed by atoms with E-state index in [2.05, 4.69) is 4.72 Å². The molecule has 0 fully saturated rings. The minimum absolute atomic E-state index is 0.0697. The molecule has 0 bridgehead atoms. The fourth-order valence-corrected chi connectivity index (χ4v) is 4.28. The minimum Gasteiger partial charge on any atom is -0.332 e. The molecule has 3 aromatic rings. The summed E-state index contributed by atoms with van der Waals surface area (Å²) in [6.07, 6.45) is 0. The first kappa shape index (κ1) is 22.8. The summed E-state index contributed by atoms with van der Waals surface area (Å²) in [6.45, 7) is 4.24. The van der Waals surface area contributed by atoms with Gasteiger partial charge in [-0.2, -0.15) is 0 Å². The van der Waals surface area contributed by atoms with E-state index < -0.39 is 15.8 Å². The lowest BCUT2D eigenvalue weighted by molar-refractivity contribution is 0.0690. The van der Waals surface area contributed by atoms with Crippen molar-refractivity contribution in [3.63, 3.8) is 0 Å². The van der Waals surface area contributed by atoms with Gasteiger partial charge in [0.15, 0.2) is 0 Å². The molecule has 0 saturated heterocycles. The fraction of sp³-hybridized carbons (Fsp3) is 0.174. The maximum atomic E-state index is 13.2. The predicted octanol–water partition coefficient (Wildman–Crippen LogP) is 5.33. The molecule has 8 heteroatoms. The molecule has 0 aliphatic carbocycles. The average Bonchev–Trinajstić information content (AvgIpc) is 2.74. The van der Waals surface area contributed by atoms with Crippen LogP contribution in [-0.4, -0.2) is 25.3 Å². The molecule has 1 amide bonds. The molecule has 0 aromatic heterocycles. The third-order valence-electron chi connectivity index (χ3n) is 4.66. The highest BCUT2D eigenvalue weighted by Crippen LogP contribution is 2.27. The Labute approximate surface area is 186 Å². The molecule has 0 spiro atoms. The summed E-state index contributed by atoms with van der Waals surface area (Å²) in [7, 11) is -4.01. The number of carbonyl (C=O) groups excluding carboxylic acids is 1. The van der Waals surface area contributed by atoms with Crippen molar-refractivity contribution in [3.05, 3.63) is 94.8 Å². The molecule has 0 unspecified atom stereocenters. The Balaban J connectivity index is 1.88. The zero-order valence-corrected chi connectivity index (χ0v) is 18.6. The number of nitrogens with zero attached hydrogens (tertiary/aromatic N) is 1. The molecular weight excluding hydrogens is 439 g/mol. The Morgan fingerprint density at radius 1 is 1.03 bits per heavy atom. The van der Waals surface area contributed by atoms with E-state index in [0.29, 0.717) is 12.1 Å². The third kappa shape index (κ3) is 5.62. The van der Waals surface area contributed by atoms with Crippen LogP contribution < -0.4 is 4.72 Å². The van der Waals surface area contributed by atoms with Crippen LogP contribution in [0.4, 0.5) is 10.1 Å². The number of hydrogen-bond donors (Lipinski definition) is 1. The number of sulfonamides is 1. The highest BCUT2D eigenvalue weighted by Gasteiger charge is 2.22. The van der Waals surface area contributed by atoms with E-state index in [4.69, 9.17) is 11.6 Å². The Bertz CT molecular complexity index is 1170. The summed E-state index contributed by atoms with van der Waals surface area (Å²) in [4.78, 5) is 14.8. The molecule has 31 heavy (non-hydrogen) atoms. The van der Waals surface area contributed by atoms with E-state index in [9.17, 15) is 17.6 Å². The summed E-state index contributed by atoms with van der Waals surface area (Å²) in [5, 5.41) is 0.140. The van der Waals surface area contributed by atoms with E-state index in [1.165, 1.54) is 12.1 Å². The summed E-state index contributed by atoms with van der Waals surface area (Å²) in [5.41, 5.74) is 1.35. The normalized spacial score (nSPS) is 11.4. The number of benzene rings is 3. The number of carbonyl (C=O) groups is 1. The first-order valence-electron chi connectivity index (χ1n) is 9.60. The predicted molar refractivity (Wildman–Crippen MR) is 120 cm³/mol. The lowest BCUT2D eigenvalue weighted by Crippen LogP contribution is -2.36. The maximum Gasteiger partial charge on any atom is 0.261 e. The highest BCUT2D eigenvalue weighted by atomic mass is 35.5. The van der Waals surface area contributed by atoms with Gasteiger partial charge in [-0.15, -0.1) is 0 Å². The van der Waals surface area contributed by atoms with Crippen molar-refractivity contribution >= 4 is 33.2 Å². The van der Waals surface area contributed by atoms with Crippen molar-refractivity contribution in [1.29, 1.82) is 0 Å². The molecule has 5 nitrogen and oxygen atoms in total. The lowest BCUT2D eigenvalue weighted by Gasteiger charge is -2.27. The first-order valence-corrected chi connectivity index (χ1v) is 11.5. The molecule has 3 aromatic carbocycles. The number of rotatable bonds is 7. The second-order valence-corrected chi connectivity index (χ2v) is 9.36. The zero-order chi connectivity index (χ0) is 22.6. The second-order valence-electron chi connectivity index (χ2n) is 7.27.